The van der Waals surface area contributed by atoms with Crippen LogP contribution in [0.4, 0.5) is 0 Å². The third-order valence-electron chi connectivity index (χ3n) is 3.18. The fraction of sp³-hybridized carbons (Fsp3) is 0.600. The fourth-order valence-corrected chi connectivity index (χ4v) is 1.70. The van der Waals surface area contributed by atoms with Crippen LogP contribution in [-0.2, 0) is 11.8 Å². The zero-order valence-corrected chi connectivity index (χ0v) is 11.3. The molecule has 1 heteroatoms. The second kappa shape index (κ2) is 5.49. The van der Waals surface area contributed by atoms with Gasteiger partial charge in [-0.05, 0) is 43.4 Å². The van der Waals surface area contributed by atoms with Crippen molar-refractivity contribution in [3.8, 4) is 0 Å². The Kier molecular flexibility index (Phi) is 4.55. The molecule has 90 valence electrons. The second-order valence-electron chi connectivity index (χ2n) is 5.68. The Hall–Kier alpha value is -0.820. The lowest BCUT2D eigenvalue weighted by molar-refractivity contribution is 0.564. The molecule has 1 aromatic carbocycles. The molecule has 0 radical (unpaired) electrons. The predicted octanol–water partition coefficient (Wildman–Crippen LogP) is 3.52. The van der Waals surface area contributed by atoms with Crippen molar-refractivity contribution in [2.75, 3.05) is 7.05 Å². The van der Waals surface area contributed by atoms with Gasteiger partial charge >= 0.3 is 0 Å². The van der Waals surface area contributed by atoms with E-state index < -0.39 is 0 Å². The van der Waals surface area contributed by atoms with Crippen LogP contribution in [0.1, 0.15) is 45.2 Å². The van der Waals surface area contributed by atoms with E-state index in [0.29, 0.717) is 6.04 Å². The summed E-state index contributed by atoms with van der Waals surface area (Å²) in [5.41, 5.74) is 3.12. The highest BCUT2D eigenvalue weighted by Crippen LogP contribution is 2.22. The Morgan fingerprint density at radius 1 is 1.12 bits per heavy atom. The molecule has 16 heavy (non-hydrogen) atoms. The van der Waals surface area contributed by atoms with Crippen molar-refractivity contribution in [2.45, 2.75) is 52.0 Å². The van der Waals surface area contributed by atoms with Gasteiger partial charge in [0, 0.05) is 6.04 Å². The van der Waals surface area contributed by atoms with Gasteiger partial charge in [-0.15, -0.1) is 0 Å². The topological polar surface area (TPSA) is 12.0 Å². The lowest BCUT2D eigenvalue weighted by Gasteiger charge is -2.19. The average Bonchev–Trinajstić information content (AvgIpc) is 2.25. The van der Waals surface area contributed by atoms with Crippen molar-refractivity contribution < 1.29 is 0 Å². The van der Waals surface area contributed by atoms with E-state index in [1.807, 2.05) is 7.05 Å². The smallest absolute Gasteiger partial charge is 0.00388 e. The van der Waals surface area contributed by atoms with Gasteiger partial charge in [-0.25, -0.2) is 0 Å². The molecule has 1 atom stereocenters. The summed E-state index contributed by atoms with van der Waals surface area (Å²) in [7, 11) is 2.02. The van der Waals surface area contributed by atoms with Crippen molar-refractivity contribution in [1.29, 1.82) is 0 Å². The molecule has 0 aliphatic rings. The van der Waals surface area contributed by atoms with E-state index in [2.05, 4.69) is 57.3 Å². The van der Waals surface area contributed by atoms with Crippen molar-refractivity contribution >= 4 is 0 Å². The number of rotatable bonds is 4. The van der Waals surface area contributed by atoms with Crippen molar-refractivity contribution in [1.82, 2.24) is 5.32 Å². The van der Waals surface area contributed by atoms with E-state index in [1.54, 1.807) is 0 Å². The SMILES string of the molecule is CNC(C)CCc1ccc(C(C)(C)C)cc1. The molecule has 1 rings (SSSR count). The van der Waals surface area contributed by atoms with E-state index in [-0.39, 0.29) is 5.41 Å². The molecule has 0 aliphatic heterocycles. The third-order valence-corrected chi connectivity index (χ3v) is 3.18. The second-order valence-corrected chi connectivity index (χ2v) is 5.68. The first-order chi connectivity index (χ1) is 7.43. The monoisotopic (exact) mass is 219 g/mol. The molecular weight excluding hydrogens is 194 g/mol. The van der Waals surface area contributed by atoms with Crippen molar-refractivity contribution in [2.24, 2.45) is 0 Å². The molecule has 0 heterocycles. The van der Waals surface area contributed by atoms with Gasteiger partial charge in [-0.1, -0.05) is 45.0 Å². The van der Waals surface area contributed by atoms with Crippen molar-refractivity contribution in [3.63, 3.8) is 0 Å². The van der Waals surface area contributed by atoms with Gasteiger partial charge in [0.1, 0.15) is 0 Å². The molecule has 1 aromatic rings. The summed E-state index contributed by atoms with van der Waals surface area (Å²) in [6.45, 7) is 8.99. The van der Waals surface area contributed by atoms with Gasteiger partial charge in [0.2, 0.25) is 0 Å². The standard InChI is InChI=1S/C15H25N/c1-12(16-5)6-7-13-8-10-14(11-9-13)15(2,3)4/h8-12,16H,6-7H2,1-5H3. The predicted molar refractivity (Wildman–Crippen MR) is 72.0 cm³/mol. The normalized spacial score (nSPS) is 13.8. The molecule has 1 N–H and O–H groups in total. The van der Waals surface area contributed by atoms with Crippen LogP contribution in [0.25, 0.3) is 0 Å². The zero-order chi connectivity index (χ0) is 12.2. The first-order valence-electron chi connectivity index (χ1n) is 6.20. The molecule has 0 fully saturated rings. The zero-order valence-electron chi connectivity index (χ0n) is 11.3. The van der Waals surface area contributed by atoms with Crippen LogP contribution in [0.15, 0.2) is 24.3 Å². The molecule has 0 bridgehead atoms. The van der Waals surface area contributed by atoms with E-state index in [0.717, 1.165) is 6.42 Å². The quantitative estimate of drug-likeness (QED) is 0.817. The lowest BCUT2D eigenvalue weighted by Crippen LogP contribution is -2.21. The number of hydrogen-bond donors (Lipinski definition) is 1. The summed E-state index contributed by atoms with van der Waals surface area (Å²) < 4.78 is 0. The first kappa shape index (κ1) is 13.2. The first-order valence-corrected chi connectivity index (χ1v) is 6.20. The fourth-order valence-electron chi connectivity index (χ4n) is 1.70. The summed E-state index contributed by atoms with van der Waals surface area (Å²) in [5, 5.41) is 3.27. The van der Waals surface area contributed by atoms with Crippen molar-refractivity contribution in [3.05, 3.63) is 35.4 Å². The Morgan fingerprint density at radius 2 is 1.69 bits per heavy atom. The van der Waals surface area contributed by atoms with Crippen LogP contribution in [0.5, 0.6) is 0 Å². The van der Waals surface area contributed by atoms with Gasteiger partial charge in [0.15, 0.2) is 0 Å². The minimum atomic E-state index is 0.261. The maximum Gasteiger partial charge on any atom is 0.00388 e. The molecule has 0 spiro atoms. The minimum absolute atomic E-state index is 0.261. The number of benzene rings is 1. The molecular formula is C15H25N. The Labute approximate surface area is 100 Å². The summed E-state index contributed by atoms with van der Waals surface area (Å²) in [6, 6.07) is 9.66. The highest BCUT2D eigenvalue weighted by Gasteiger charge is 2.12. The molecule has 0 aromatic heterocycles. The highest BCUT2D eigenvalue weighted by molar-refractivity contribution is 5.27. The van der Waals surface area contributed by atoms with Crippen LogP contribution >= 0.6 is 0 Å². The highest BCUT2D eigenvalue weighted by atomic mass is 14.8. The van der Waals surface area contributed by atoms with Crippen LogP contribution < -0.4 is 5.32 Å². The van der Waals surface area contributed by atoms with Gasteiger partial charge < -0.3 is 5.32 Å². The largest absolute Gasteiger partial charge is 0.317 e. The van der Waals surface area contributed by atoms with Gasteiger partial charge in [0.25, 0.3) is 0 Å². The summed E-state index contributed by atoms with van der Waals surface area (Å²) in [5.74, 6) is 0. The van der Waals surface area contributed by atoms with Gasteiger partial charge in [-0.2, -0.15) is 0 Å². The molecule has 0 saturated carbocycles. The average molecular weight is 219 g/mol. The van der Waals surface area contributed by atoms with Crippen LogP contribution in [0, 0.1) is 0 Å². The third kappa shape index (κ3) is 3.97. The number of hydrogen-bond acceptors (Lipinski definition) is 1. The Bertz CT molecular complexity index is 305. The molecule has 0 aliphatic carbocycles. The van der Waals surface area contributed by atoms with Crippen LogP contribution in [0.3, 0.4) is 0 Å². The Morgan fingerprint density at radius 3 is 2.12 bits per heavy atom. The maximum atomic E-state index is 3.27. The molecule has 1 unspecified atom stereocenters. The lowest BCUT2D eigenvalue weighted by atomic mass is 9.86. The van der Waals surface area contributed by atoms with Gasteiger partial charge in [-0.3, -0.25) is 0 Å². The number of nitrogens with one attached hydrogen (secondary N) is 1. The molecule has 0 saturated heterocycles. The maximum absolute atomic E-state index is 3.27. The van der Waals surface area contributed by atoms with Crippen LogP contribution in [0.2, 0.25) is 0 Å². The summed E-state index contributed by atoms with van der Waals surface area (Å²) in [6.07, 6.45) is 2.36. The molecule has 0 amide bonds. The van der Waals surface area contributed by atoms with E-state index in [9.17, 15) is 0 Å². The summed E-state index contributed by atoms with van der Waals surface area (Å²) >= 11 is 0. The van der Waals surface area contributed by atoms with E-state index in [1.165, 1.54) is 17.5 Å². The van der Waals surface area contributed by atoms with E-state index in [4.69, 9.17) is 0 Å². The van der Waals surface area contributed by atoms with Gasteiger partial charge in [0.05, 0.1) is 0 Å². The number of aryl methyl sites for hydroxylation is 1. The summed E-state index contributed by atoms with van der Waals surface area (Å²) in [4.78, 5) is 0. The van der Waals surface area contributed by atoms with E-state index >= 15 is 0 Å². The molecule has 1 nitrogen and oxygen atoms in total. The Balaban J connectivity index is 2.58. The minimum Gasteiger partial charge on any atom is -0.317 e. The van der Waals surface area contributed by atoms with Crippen LogP contribution in [-0.4, -0.2) is 13.1 Å².